The van der Waals surface area contributed by atoms with E-state index in [4.69, 9.17) is 14.5 Å². The zero-order valence-corrected chi connectivity index (χ0v) is 20.3. The molecule has 4 aromatic heterocycles. The molecule has 0 aliphatic rings. The van der Waals surface area contributed by atoms with Gasteiger partial charge in [0.25, 0.3) is 5.56 Å². The lowest BCUT2D eigenvalue weighted by Gasteiger charge is -2.08. The third kappa shape index (κ3) is 3.72. The largest absolute Gasteiger partial charge is 0.497 e. The Labute approximate surface area is 209 Å². The molecule has 0 fully saturated rings. The Morgan fingerprint density at radius 2 is 1.78 bits per heavy atom. The molecule has 0 bridgehead atoms. The average molecular weight is 497 g/mol. The van der Waals surface area contributed by atoms with Crippen molar-refractivity contribution >= 4 is 39.3 Å². The van der Waals surface area contributed by atoms with Crippen molar-refractivity contribution in [2.75, 3.05) is 13.4 Å². The maximum atomic E-state index is 13.6. The normalized spacial score (nSPS) is 11.4. The quantitative estimate of drug-likeness (QED) is 0.249. The second kappa shape index (κ2) is 8.97. The lowest BCUT2D eigenvalue weighted by Crippen LogP contribution is -2.22. The monoisotopic (exact) mass is 496 g/mol. The molecule has 0 N–H and O–H groups in total. The van der Waals surface area contributed by atoms with Crippen molar-refractivity contribution in [1.29, 1.82) is 0 Å². The summed E-state index contributed by atoms with van der Waals surface area (Å²) in [6.07, 6.45) is 5.10. The van der Waals surface area contributed by atoms with Crippen LogP contribution >= 0.6 is 11.8 Å². The van der Waals surface area contributed by atoms with Gasteiger partial charge in [0, 0.05) is 17.8 Å². The molecule has 6 aromatic rings. The van der Waals surface area contributed by atoms with Crippen LogP contribution in [0, 0.1) is 0 Å². The van der Waals surface area contributed by atoms with Crippen LogP contribution in [0.2, 0.25) is 0 Å². The average Bonchev–Trinajstić information content (AvgIpc) is 3.26. The van der Waals surface area contributed by atoms with Crippen molar-refractivity contribution in [3.05, 3.63) is 89.0 Å². The predicted molar refractivity (Wildman–Crippen MR) is 138 cm³/mol. The number of ether oxygens (including phenoxy) is 2. The Kier molecular flexibility index (Phi) is 5.49. The van der Waals surface area contributed by atoms with Gasteiger partial charge >= 0.3 is 0 Å². The highest BCUT2D eigenvalue weighted by molar-refractivity contribution is 7.98. The smallest absolute Gasteiger partial charge is 0.284 e. The number of pyridine rings is 1. The first-order valence-corrected chi connectivity index (χ1v) is 12.3. The molecule has 10 heteroatoms. The molecule has 0 aliphatic carbocycles. The number of hydrogen-bond acceptors (Lipinski definition) is 8. The molecule has 4 heterocycles. The first-order valence-electron chi connectivity index (χ1n) is 11.1. The maximum Gasteiger partial charge on any atom is 0.284 e. The topological polar surface area (TPSA) is 96.4 Å². The van der Waals surface area contributed by atoms with Crippen LogP contribution in [-0.4, -0.2) is 42.5 Å². The van der Waals surface area contributed by atoms with Gasteiger partial charge in [-0.1, -0.05) is 30.0 Å². The third-order valence-electron chi connectivity index (χ3n) is 5.83. The van der Waals surface area contributed by atoms with Crippen molar-refractivity contribution in [2.24, 2.45) is 0 Å². The number of hydrogen-bond donors (Lipinski definition) is 0. The number of fused-ring (bicyclic) bond motifs is 4. The molecule has 2 aromatic carbocycles. The molecule has 178 valence electrons. The molecule has 0 spiro atoms. The summed E-state index contributed by atoms with van der Waals surface area (Å²) in [5.41, 5.74) is 2.32. The standard InChI is InChI=1S/C26H20N6O3S/c1-34-17-8-6-16(7-9-17)15-35-18-10-11-21-19(13-18)24-29-23-20(14-28-26(30-23)36-2)25(33)32(24)31(21)22-5-3-4-12-27-22/h3-14H,15H2,1-2H3. The van der Waals surface area contributed by atoms with Gasteiger partial charge in [-0.2, -0.15) is 4.52 Å². The summed E-state index contributed by atoms with van der Waals surface area (Å²) in [6.45, 7) is 0.384. The second-order valence-electron chi connectivity index (χ2n) is 7.96. The van der Waals surface area contributed by atoms with Crippen molar-refractivity contribution in [3.63, 3.8) is 0 Å². The van der Waals surface area contributed by atoms with Crippen LogP contribution in [0.3, 0.4) is 0 Å². The third-order valence-corrected chi connectivity index (χ3v) is 6.39. The number of aromatic nitrogens is 6. The molecule has 0 saturated heterocycles. The predicted octanol–water partition coefficient (Wildman–Crippen LogP) is 4.29. The van der Waals surface area contributed by atoms with Crippen LogP contribution in [0.1, 0.15) is 5.56 Å². The highest BCUT2D eigenvalue weighted by Gasteiger charge is 2.19. The van der Waals surface area contributed by atoms with Gasteiger partial charge in [0.05, 0.1) is 12.6 Å². The minimum atomic E-state index is -0.273. The molecule has 0 radical (unpaired) electrons. The van der Waals surface area contributed by atoms with Crippen LogP contribution in [0.5, 0.6) is 11.5 Å². The van der Waals surface area contributed by atoms with Gasteiger partial charge in [-0.05, 0) is 54.3 Å². The molecule has 6 rings (SSSR count). The molecule has 0 saturated carbocycles. The van der Waals surface area contributed by atoms with Gasteiger partial charge in [0.2, 0.25) is 0 Å². The second-order valence-corrected chi connectivity index (χ2v) is 8.74. The summed E-state index contributed by atoms with van der Waals surface area (Å²) in [7, 11) is 1.64. The van der Waals surface area contributed by atoms with Gasteiger partial charge in [0.15, 0.2) is 22.3 Å². The van der Waals surface area contributed by atoms with Crippen LogP contribution in [0.15, 0.2) is 83.0 Å². The van der Waals surface area contributed by atoms with Gasteiger partial charge in [-0.25, -0.2) is 24.6 Å². The highest BCUT2D eigenvalue weighted by atomic mass is 32.2. The van der Waals surface area contributed by atoms with Gasteiger partial charge in [-0.3, -0.25) is 4.79 Å². The Morgan fingerprint density at radius 3 is 2.53 bits per heavy atom. The Bertz CT molecular complexity index is 1780. The fourth-order valence-electron chi connectivity index (χ4n) is 4.08. The maximum absolute atomic E-state index is 13.6. The first-order chi connectivity index (χ1) is 17.7. The fourth-order valence-corrected chi connectivity index (χ4v) is 4.42. The zero-order chi connectivity index (χ0) is 24.6. The van der Waals surface area contributed by atoms with Crippen molar-refractivity contribution in [1.82, 2.24) is 29.1 Å². The molecular weight excluding hydrogens is 476 g/mol. The van der Waals surface area contributed by atoms with E-state index in [0.29, 0.717) is 40.0 Å². The molecule has 0 unspecified atom stereocenters. The number of rotatable bonds is 6. The Balaban J connectivity index is 1.54. The van der Waals surface area contributed by atoms with Crippen LogP contribution in [0.25, 0.3) is 33.4 Å². The molecular formula is C26H20N6O3S. The van der Waals surface area contributed by atoms with E-state index in [0.717, 1.165) is 22.2 Å². The fraction of sp³-hybridized carbons (Fsp3) is 0.115. The minimum absolute atomic E-state index is 0.273. The number of nitrogens with zero attached hydrogens (tertiary/aromatic N) is 6. The van der Waals surface area contributed by atoms with Crippen molar-refractivity contribution < 1.29 is 9.47 Å². The highest BCUT2D eigenvalue weighted by Crippen LogP contribution is 2.28. The van der Waals surface area contributed by atoms with E-state index in [9.17, 15) is 4.79 Å². The van der Waals surface area contributed by atoms with Crippen LogP contribution in [0.4, 0.5) is 0 Å². The van der Waals surface area contributed by atoms with E-state index < -0.39 is 0 Å². The summed E-state index contributed by atoms with van der Waals surface area (Å²) in [5, 5.41) is 1.63. The summed E-state index contributed by atoms with van der Waals surface area (Å²) in [5.74, 6) is 2.04. The zero-order valence-electron chi connectivity index (χ0n) is 19.5. The van der Waals surface area contributed by atoms with E-state index in [2.05, 4.69) is 15.0 Å². The summed E-state index contributed by atoms with van der Waals surface area (Å²) < 4.78 is 14.6. The SMILES string of the molecule is COc1ccc(COc2ccc3c(c2)c2nc4nc(SC)ncc4c(=O)n2n3-c2ccccn2)cc1. The van der Waals surface area contributed by atoms with Crippen molar-refractivity contribution in [2.45, 2.75) is 11.8 Å². The lowest BCUT2D eigenvalue weighted by atomic mass is 10.2. The van der Waals surface area contributed by atoms with E-state index in [1.54, 1.807) is 18.0 Å². The number of thioether (sulfide) groups is 1. The van der Waals surface area contributed by atoms with E-state index in [-0.39, 0.29) is 5.56 Å². The van der Waals surface area contributed by atoms with E-state index in [1.807, 2.05) is 66.9 Å². The summed E-state index contributed by atoms with van der Waals surface area (Å²) >= 11 is 1.40. The first kappa shape index (κ1) is 22.1. The summed E-state index contributed by atoms with van der Waals surface area (Å²) in [6, 6.07) is 18.9. The van der Waals surface area contributed by atoms with Crippen LogP contribution in [-0.2, 0) is 6.61 Å². The minimum Gasteiger partial charge on any atom is -0.497 e. The van der Waals surface area contributed by atoms with E-state index in [1.165, 1.54) is 22.5 Å². The molecule has 9 nitrogen and oxygen atoms in total. The molecule has 0 amide bonds. The Hall–Kier alpha value is -4.44. The Morgan fingerprint density at radius 1 is 0.944 bits per heavy atom. The molecule has 36 heavy (non-hydrogen) atoms. The summed E-state index contributed by atoms with van der Waals surface area (Å²) in [4.78, 5) is 31.6. The van der Waals surface area contributed by atoms with E-state index >= 15 is 0 Å². The van der Waals surface area contributed by atoms with Gasteiger partial charge in [0.1, 0.15) is 23.5 Å². The molecule has 0 atom stereocenters. The van der Waals surface area contributed by atoms with Gasteiger partial charge < -0.3 is 9.47 Å². The van der Waals surface area contributed by atoms with Crippen LogP contribution < -0.4 is 15.0 Å². The number of benzene rings is 2. The molecule has 0 aliphatic heterocycles. The van der Waals surface area contributed by atoms with Gasteiger partial charge in [-0.15, -0.1) is 0 Å². The lowest BCUT2D eigenvalue weighted by molar-refractivity contribution is 0.306. The van der Waals surface area contributed by atoms with Crippen molar-refractivity contribution in [3.8, 4) is 17.3 Å². The number of methoxy groups -OCH3 is 1.